The molecule has 2 aliphatic rings. The van der Waals surface area contributed by atoms with E-state index in [4.69, 9.17) is 15.3 Å². The predicted octanol–water partition coefficient (Wildman–Crippen LogP) is 1.90. The van der Waals surface area contributed by atoms with E-state index in [9.17, 15) is 14.4 Å². The molecule has 178 valence electrons. The minimum Gasteiger partial charge on any atom is -0.462 e. The molecule has 2 amide bonds. The number of fused-ring (bicyclic) bond motifs is 1. The first-order valence-electron chi connectivity index (χ1n) is 10.2. The Hall–Kier alpha value is -2.86. The SMILES string of the molecule is C=CC1=CN2C(=O)C(COC(=O)C(C)(C)C)(NC(=O)C(=NOCC)c3csc(N)n3)[C@@H]2SC1. The molecule has 0 aromatic carbocycles. The quantitative estimate of drug-likeness (QED) is 0.243. The fourth-order valence-electron chi connectivity index (χ4n) is 3.14. The van der Waals surface area contributed by atoms with Gasteiger partial charge in [-0.1, -0.05) is 17.8 Å². The maximum absolute atomic E-state index is 13.3. The van der Waals surface area contributed by atoms with Crippen LogP contribution in [0.1, 0.15) is 33.4 Å². The van der Waals surface area contributed by atoms with Gasteiger partial charge in [0.25, 0.3) is 11.8 Å². The number of esters is 1. The summed E-state index contributed by atoms with van der Waals surface area (Å²) in [4.78, 5) is 49.7. The van der Waals surface area contributed by atoms with E-state index in [-0.39, 0.29) is 29.8 Å². The number of aromatic nitrogens is 1. The fourth-order valence-corrected chi connectivity index (χ4v) is 5.06. The van der Waals surface area contributed by atoms with Crippen LogP contribution in [0.4, 0.5) is 5.13 Å². The number of nitrogen functional groups attached to an aromatic ring is 1. The Kier molecular flexibility index (Phi) is 7.17. The molecule has 0 radical (unpaired) electrons. The first-order valence-corrected chi connectivity index (χ1v) is 12.1. The Morgan fingerprint density at radius 3 is 2.79 bits per heavy atom. The number of rotatable bonds is 8. The molecule has 2 atom stereocenters. The van der Waals surface area contributed by atoms with E-state index >= 15 is 0 Å². The van der Waals surface area contributed by atoms with Crippen molar-refractivity contribution in [2.75, 3.05) is 24.7 Å². The van der Waals surface area contributed by atoms with E-state index in [1.807, 2.05) is 0 Å². The van der Waals surface area contributed by atoms with Crippen molar-refractivity contribution >= 4 is 51.7 Å². The van der Waals surface area contributed by atoms with Crippen molar-refractivity contribution in [3.8, 4) is 0 Å². The number of carbonyl (C=O) groups excluding carboxylic acids is 3. The molecule has 1 aromatic rings. The van der Waals surface area contributed by atoms with Crippen molar-refractivity contribution in [2.24, 2.45) is 10.6 Å². The molecule has 0 spiro atoms. The highest BCUT2D eigenvalue weighted by Gasteiger charge is 2.64. The average molecular weight is 494 g/mol. The maximum Gasteiger partial charge on any atom is 0.311 e. The summed E-state index contributed by atoms with van der Waals surface area (Å²) in [7, 11) is 0. The summed E-state index contributed by atoms with van der Waals surface area (Å²) in [6.45, 7) is 10.5. The molecule has 1 aromatic heterocycles. The minimum atomic E-state index is -1.47. The van der Waals surface area contributed by atoms with Crippen molar-refractivity contribution in [1.82, 2.24) is 15.2 Å². The van der Waals surface area contributed by atoms with Gasteiger partial charge in [0, 0.05) is 17.3 Å². The van der Waals surface area contributed by atoms with Gasteiger partial charge in [0.1, 0.15) is 24.3 Å². The predicted molar refractivity (Wildman–Crippen MR) is 127 cm³/mol. The number of oxime groups is 1. The Morgan fingerprint density at radius 2 is 2.21 bits per heavy atom. The largest absolute Gasteiger partial charge is 0.462 e. The van der Waals surface area contributed by atoms with Crippen LogP contribution in [-0.4, -0.2) is 63.3 Å². The minimum absolute atomic E-state index is 0.124. The molecule has 3 N–H and O–H groups in total. The van der Waals surface area contributed by atoms with E-state index in [1.165, 1.54) is 16.7 Å². The van der Waals surface area contributed by atoms with Crippen LogP contribution < -0.4 is 11.1 Å². The zero-order chi connectivity index (χ0) is 24.4. The molecule has 0 aliphatic carbocycles. The lowest BCUT2D eigenvalue weighted by Crippen LogP contribution is -2.80. The monoisotopic (exact) mass is 493 g/mol. The third kappa shape index (κ3) is 4.91. The van der Waals surface area contributed by atoms with Crippen LogP contribution in [0.3, 0.4) is 0 Å². The lowest BCUT2D eigenvalue weighted by atomic mass is 9.87. The molecule has 0 bridgehead atoms. The van der Waals surface area contributed by atoms with E-state index in [0.29, 0.717) is 5.75 Å². The topological polar surface area (TPSA) is 136 Å². The summed E-state index contributed by atoms with van der Waals surface area (Å²) in [5.74, 6) is -0.984. The van der Waals surface area contributed by atoms with Crippen LogP contribution >= 0.6 is 23.1 Å². The first kappa shape index (κ1) is 24.8. The molecule has 3 rings (SSSR count). The van der Waals surface area contributed by atoms with Crippen LogP contribution in [-0.2, 0) is 24.0 Å². The molecular weight excluding hydrogens is 466 g/mol. The number of nitrogens with two attached hydrogens (primary N) is 1. The second kappa shape index (κ2) is 9.56. The summed E-state index contributed by atoms with van der Waals surface area (Å²) in [6.07, 6.45) is 3.37. The second-order valence-corrected chi connectivity index (χ2v) is 10.4. The van der Waals surface area contributed by atoms with Gasteiger partial charge in [0.15, 0.2) is 16.4 Å². The van der Waals surface area contributed by atoms with Gasteiger partial charge in [0.2, 0.25) is 0 Å². The van der Waals surface area contributed by atoms with Gasteiger partial charge in [-0.15, -0.1) is 23.1 Å². The number of anilines is 1. The van der Waals surface area contributed by atoms with Crippen molar-refractivity contribution in [3.05, 3.63) is 35.5 Å². The zero-order valence-corrected chi connectivity index (χ0v) is 20.5. The summed E-state index contributed by atoms with van der Waals surface area (Å²) < 4.78 is 5.50. The van der Waals surface area contributed by atoms with Gasteiger partial charge in [0.05, 0.1) is 5.41 Å². The van der Waals surface area contributed by atoms with Crippen LogP contribution in [0.25, 0.3) is 0 Å². The lowest BCUT2D eigenvalue weighted by molar-refractivity contribution is -0.167. The van der Waals surface area contributed by atoms with Crippen LogP contribution in [0, 0.1) is 5.41 Å². The number of hydrogen-bond acceptors (Lipinski definition) is 10. The number of nitrogens with zero attached hydrogens (tertiary/aromatic N) is 3. The van der Waals surface area contributed by atoms with Gasteiger partial charge < -0.3 is 25.5 Å². The van der Waals surface area contributed by atoms with E-state index in [2.05, 4.69) is 22.0 Å². The number of β-lactam (4-membered cyclic amide) rings is 1. The molecule has 10 nitrogen and oxygen atoms in total. The molecular formula is C21H27N5O5S2. The second-order valence-electron chi connectivity index (χ2n) is 8.46. The van der Waals surface area contributed by atoms with Gasteiger partial charge in [-0.3, -0.25) is 14.4 Å². The van der Waals surface area contributed by atoms with Crippen molar-refractivity contribution < 1.29 is 24.0 Å². The first-order chi connectivity index (χ1) is 15.5. The van der Waals surface area contributed by atoms with E-state index in [0.717, 1.165) is 16.9 Å². The molecule has 12 heteroatoms. The highest BCUT2D eigenvalue weighted by Crippen LogP contribution is 2.43. The molecule has 0 saturated carbocycles. The summed E-state index contributed by atoms with van der Waals surface area (Å²) >= 11 is 2.59. The highest BCUT2D eigenvalue weighted by atomic mass is 32.2. The average Bonchev–Trinajstić information content (AvgIpc) is 3.20. The van der Waals surface area contributed by atoms with Gasteiger partial charge >= 0.3 is 5.97 Å². The number of hydrogen-bond donors (Lipinski definition) is 2. The molecule has 2 aliphatic heterocycles. The summed E-state index contributed by atoms with van der Waals surface area (Å²) in [5, 5.41) is 8.01. The third-order valence-electron chi connectivity index (χ3n) is 4.91. The van der Waals surface area contributed by atoms with Crippen molar-refractivity contribution in [2.45, 2.75) is 38.6 Å². The van der Waals surface area contributed by atoms with Crippen molar-refractivity contribution in [1.29, 1.82) is 0 Å². The molecule has 1 saturated heterocycles. The van der Waals surface area contributed by atoms with Gasteiger partial charge in [-0.25, -0.2) is 4.98 Å². The van der Waals surface area contributed by atoms with Crippen LogP contribution in [0.15, 0.2) is 35.0 Å². The number of thioether (sulfide) groups is 1. The zero-order valence-electron chi connectivity index (χ0n) is 18.9. The van der Waals surface area contributed by atoms with Crippen molar-refractivity contribution in [3.63, 3.8) is 0 Å². The lowest BCUT2D eigenvalue weighted by Gasteiger charge is -2.55. The normalized spacial score (nSPS) is 22.6. The van der Waals surface area contributed by atoms with Gasteiger partial charge in [-0.2, -0.15) is 0 Å². The highest BCUT2D eigenvalue weighted by molar-refractivity contribution is 8.00. The van der Waals surface area contributed by atoms with Gasteiger partial charge in [-0.05, 0) is 33.3 Å². The fraction of sp³-hybridized carbons (Fsp3) is 0.476. The Bertz CT molecular complexity index is 1030. The third-order valence-corrected chi connectivity index (χ3v) is 7.03. The Morgan fingerprint density at radius 1 is 1.48 bits per heavy atom. The number of carbonyl (C=O) groups is 3. The Balaban J connectivity index is 1.92. The number of ether oxygens (including phenoxy) is 1. The standard InChI is InChI=1S/C21H27N5O5S2/c1-6-12-8-26-16(28)21(17(26)32-9-12,11-30-18(29)20(3,4)5)24-15(27)14(25-31-7-2)13-10-33-19(22)23-13/h6,8,10,17H,1,7,9,11H2,2-5H3,(H2,22,23)(H,24,27)/t17-,21?/m0/s1. The van der Waals surface area contributed by atoms with Crippen LogP contribution in [0.2, 0.25) is 0 Å². The molecule has 1 fully saturated rings. The van der Waals surface area contributed by atoms with E-state index in [1.54, 1.807) is 45.4 Å². The number of amides is 2. The summed E-state index contributed by atoms with van der Waals surface area (Å²) in [5.41, 5.74) is 4.45. The number of nitrogens with one attached hydrogen (secondary N) is 1. The number of allylic oxidation sites excluding steroid dienone is 1. The molecule has 3 heterocycles. The Labute approximate surface area is 200 Å². The molecule has 1 unspecified atom stereocenters. The van der Waals surface area contributed by atoms with Crippen LogP contribution in [0.5, 0.6) is 0 Å². The molecule has 33 heavy (non-hydrogen) atoms. The van der Waals surface area contributed by atoms with E-state index < -0.39 is 34.1 Å². The summed E-state index contributed by atoms with van der Waals surface area (Å²) in [6, 6.07) is 0. The smallest absolute Gasteiger partial charge is 0.311 e. The maximum atomic E-state index is 13.3. The number of thiazole rings is 1.